The van der Waals surface area contributed by atoms with Crippen LogP contribution in [0.2, 0.25) is 5.02 Å². The molecule has 1 aromatic carbocycles. The Balaban J connectivity index is 2.35. The molecule has 3 N–H and O–H groups in total. The summed E-state index contributed by atoms with van der Waals surface area (Å²) in [7, 11) is 0. The molecule has 1 saturated carbocycles. The van der Waals surface area contributed by atoms with Crippen LogP contribution in [0, 0.1) is 5.82 Å². The van der Waals surface area contributed by atoms with Crippen LogP contribution in [0.1, 0.15) is 18.4 Å². The smallest absolute Gasteiger partial charge is 0.165 e. The predicted octanol–water partition coefficient (Wildman–Crippen LogP) is 2.22. The molecule has 76 valence electrons. The van der Waals surface area contributed by atoms with E-state index in [0.717, 1.165) is 18.9 Å². The summed E-state index contributed by atoms with van der Waals surface area (Å²) in [6.45, 7) is 0. The van der Waals surface area contributed by atoms with E-state index in [1.54, 1.807) is 0 Å². The third-order valence-corrected chi connectivity index (χ3v) is 2.95. The molecular formula is C10H11ClFNO. The first kappa shape index (κ1) is 9.74. The van der Waals surface area contributed by atoms with Crippen molar-refractivity contribution in [1.82, 2.24) is 0 Å². The van der Waals surface area contributed by atoms with E-state index in [1.807, 2.05) is 0 Å². The van der Waals surface area contributed by atoms with Crippen molar-refractivity contribution in [3.05, 3.63) is 28.5 Å². The summed E-state index contributed by atoms with van der Waals surface area (Å²) in [4.78, 5) is 0. The Hall–Kier alpha value is -0.800. The standard InChI is InChI=1S/C10H11ClFNO/c11-7-1-2-8(12)9(14)6(7)5-10(13)3-4-10/h1-2,14H,3-5,13H2. The molecule has 0 aromatic heterocycles. The zero-order valence-electron chi connectivity index (χ0n) is 7.56. The van der Waals surface area contributed by atoms with Crippen LogP contribution < -0.4 is 5.73 Å². The van der Waals surface area contributed by atoms with Gasteiger partial charge in [-0.25, -0.2) is 4.39 Å². The SMILES string of the molecule is NC1(Cc2c(Cl)ccc(F)c2O)CC1. The quantitative estimate of drug-likeness (QED) is 0.795. The molecule has 2 rings (SSSR count). The fourth-order valence-electron chi connectivity index (χ4n) is 1.44. The van der Waals surface area contributed by atoms with Gasteiger partial charge in [0, 0.05) is 16.1 Å². The third kappa shape index (κ3) is 1.70. The molecule has 0 bridgehead atoms. The van der Waals surface area contributed by atoms with Gasteiger partial charge in [-0.05, 0) is 31.4 Å². The predicted molar refractivity (Wildman–Crippen MR) is 52.9 cm³/mol. The van der Waals surface area contributed by atoms with Crippen LogP contribution in [0.3, 0.4) is 0 Å². The molecule has 0 aliphatic heterocycles. The number of halogens is 2. The first-order valence-electron chi connectivity index (χ1n) is 4.47. The zero-order valence-corrected chi connectivity index (χ0v) is 8.31. The van der Waals surface area contributed by atoms with E-state index in [9.17, 15) is 9.50 Å². The monoisotopic (exact) mass is 215 g/mol. The number of phenols is 1. The van der Waals surface area contributed by atoms with Gasteiger partial charge in [-0.2, -0.15) is 0 Å². The van der Waals surface area contributed by atoms with Gasteiger partial charge in [0.05, 0.1) is 0 Å². The summed E-state index contributed by atoms with van der Waals surface area (Å²) < 4.78 is 13.0. The largest absolute Gasteiger partial charge is 0.505 e. The number of nitrogens with two attached hydrogens (primary N) is 1. The molecule has 1 aliphatic rings. The first-order chi connectivity index (χ1) is 6.52. The Bertz CT molecular complexity index is 377. The number of phenolic OH excluding ortho intramolecular Hbond substituents is 1. The van der Waals surface area contributed by atoms with Crippen molar-refractivity contribution in [2.75, 3.05) is 0 Å². The van der Waals surface area contributed by atoms with Gasteiger partial charge in [0.25, 0.3) is 0 Å². The molecule has 1 fully saturated rings. The minimum atomic E-state index is -0.645. The number of aromatic hydroxyl groups is 1. The normalized spacial score (nSPS) is 18.2. The van der Waals surface area contributed by atoms with Gasteiger partial charge in [0.15, 0.2) is 11.6 Å². The van der Waals surface area contributed by atoms with Crippen molar-refractivity contribution in [1.29, 1.82) is 0 Å². The number of hydrogen-bond acceptors (Lipinski definition) is 2. The van der Waals surface area contributed by atoms with Gasteiger partial charge in [-0.3, -0.25) is 0 Å². The molecule has 0 atom stereocenters. The Labute approximate surface area is 86.5 Å². The fraction of sp³-hybridized carbons (Fsp3) is 0.400. The van der Waals surface area contributed by atoms with Gasteiger partial charge in [-0.1, -0.05) is 11.6 Å². The van der Waals surface area contributed by atoms with Crippen LogP contribution in [0.5, 0.6) is 5.75 Å². The first-order valence-corrected chi connectivity index (χ1v) is 4.84. The van der Waals surface area contributed by atoms with Crippen LogP contribution in [-0.2, 0) is 6.42 Å². The Kier molecular flexibility index (Phi) is 2.16. The molecule has 1 aliphatic carbocycles. The maximum atomic E-state index is 13.0. The van der Waals surface area contributed by atoms with E-state index in [4.69, 9.17) is 17.3 Å². The highest BCUT2D eigenvalue weighted by Gasteiger charge is 2.39. The van der Waals surface area contributed by atoms with Gasteiger partial charge >= 0.3 is 0 Å². The summed E-state index contributed by atoms with van der Waals surface area (Å²) in [5.41, 5.74) is 6.01. The van der Waals surface area contributed by atoms with Crippen LogP contribution in [0.25, 0.3) is 0 Å². The summed E-state index contributed by atoms with van der Waals surface area (Å²) in [6.07, 6.45) is 2.24. The van der Waals surface area contributed by atoms with Crippen LogP contribution in [0.4, 0.5) is 4.39 Å². The molecule has 4 heteroatoms. The van der Waals surface area contributed by atoms with Crippen molar-refractivity contribution >= 4 is 11.6 Å². The Morgan fingerprint density at radius 1 is 1.50 bits per heavy atom. The van der Waals surface area contributed by atoms with Gasteiger partial charge < -0.3 is 10.8 Å². The molecule has 2 nitrogen and oxygen atoms in total. The maximum Gasteiger partial charge on any atom is 0.165 e. The highest BCUT2D eigenvalue weighted by atomic mass is 35.5. The third-order valence-electron chi connectivity index (χ3n) is 2.60. The van der Waals surface area contributed by atoms with Crippen molar-refractivity contribution < 1.29 is 9.50 Å². The average Bonchev–Trinajstić information content (AvgIpc) is 2.86. The summed E-state index contributed by atoms with van der Waals surface area (Å²) in [6, 6.07) is 2.59. The second-order valence-corrected chi connectivity index (χ2v) is 4.30. The lowest BCUT2D eigenvalue weighted by Gasteiger charge is -2.12. The van der Waals surface area contributed by atoms with Gasteiger partial charge in [-0.15, -0.1) is 0 Å². The fourth-order valence-corrected chi connectivity index (χ4v) is 1.66. The molecular weight excluding hydrogens is 205 g/mol. The molecule has 0 saturated heterocycles. The number of benzene rings is 1. The Morgan fingerprint density at radius 3 is 2.71 bits per heavy atom. The second kappa shape index (κ2) is 3.11. The lowest BCUT2D eigenvalue weighted by Crippen LogP contribution is -2.24. The zero-order chi connectivity index (χ0) is 10.3. The molecule has 1 aromatic rings. The van der Waals surface area contributed by atoms with E-state index in [0.29, 0.717) is 17.0 Å². The topological polar surface area (TPSA) is 46.2 Å². The number of hydrogen-bond donors (Lipinski definition) is 2. The molecule has 0 heterocycles. The maximum absolute atomic E-state index is 13.0. The van der Waals surface area contributed by atoms with Crippen LogP contribution >= 0.6 is 11.6 Å². The highest BCUT2D eigenvalue weighted by Crippen LogP contribution is 2.40. The molecule has 0 unspecified atom stereocenters. The molecule has 14 heavy (non-hydrogen) atoms. The molecule has 0 amide bonds. The van der Waals surface area contributed by atoms with E-state index < -0.39 is 5.82 Å². The van der Waals surface area contributed by atoms with Crippen molar-refractivity contribution in [2.24, 2.45) is 5.73 Å². The van der Waals surface area contributed by atoms with E-state index >= 15 is 0 Å². The molecule has 0 spiro atoms. The van der Waals surface area contributed by atoms with E-state index in [-0.39, 0.29) is 11.3 Å². The Morgan fingerprint density at radius 2 is 2.14 bits per heavy atom. The molecule has 0 radical (unpaired) electrons. The average molecular weight is 216 g/mol. The lowest BCUT2D eigenvalue weighted by molar-refractivity contribution is 0.423. The van der Waals surface area contributed by atoms with Crippen molar-refractivity contribution in [3.63, 3.8) is 0 Å². The number of rotatable bonds is 2. The minimum absolute atomic E-state index is 0.283. The summed E-state index contributed by atoms with van der Waals surface area (Å²) >= 11 is 5.85. The van der Waals surface area contributed by atoms with Crippen molar-refractivity contribution in [2.45, 2.75) is 24.8 Å². The van der Waals surface area contributed by atoms with Crippen LogP contribution in [0.15, 0.2) is 12.1 Å². The van der Waals surface area contributed by atoms with Crippen LogP contribution in [-0.4, -0.2) is 10.6 Å². The van der Waals surface area contributed by atoms with E-state index in [2.05, 4.69) is 0 Å². The van der Waals surface area contributed by atoms with E-state index in [1.165, 1.54) is 6.07 Å². The lowest BCUT2D eigenvalue weighted by atomic mass is 10.0. The van der Waals surface area contributed by atoms with Crippen molar-refractivity contribution in [3.8, 4) is 5.75 Å². The highest BCUT2D eigenvalue weighted by molar-refractivity contribution is 6.31. The van der Waals surface area contributed by atoms with Gasteiger partial charge in [0.2, 0.25) is 0 Å². The minimum Gasteiger partial charge on any atom is -0.505 e. The summed E-state index contributed by atoms with van der Waals surface area (Å²) in [5, 5.41) is 9.83. The second-order valence-electron chi connectivity index (χ2n) is 3.90. The van der Waals surface area contributed by atoms with Gasteiger partial charge in [0.1, 0.15) is 0 Å². The summed E-state index contributed by atoms with van der Waals surface area (Å²) in [5.74, 6) is -1.01.